The zero-order valence-corrected chi connectivity index (χ0v) is 13.5. The molecule has 0 spiro atoms. The van der Waals surface area contributed by atoms with Crippen molar-refractivity contribution in [1.82, 2.24) is 10.2 Å². The Morgan fingerprint density at radius 1 is 1.14 bits per heavy atom. The highest BCUT2D eigenvalue weighted by molar-refractivity contribution is 5.96. The fourth-order valence-electron chi connectivity index (χ4n) is 2.00. The number of anilines is 1. The minimum atomic E-state index is -0.223. The molecule has 0 aromatic heterocycles. The number of benzene rings is 1. The predicted molar refractivity (Wildman–Crippen MR) is 87.1 cm³/mol. The molecule has 22 heavy (non-hydrogen) atoms. The van der Waals surface area contributed by atoms with Gasteiger partial charge in [0.15, 0.2) is 0 Å². The third kappa shape index (κ3) is 6.24. The molecule has 0 aliphatic heterocycles. The lowest BCUT2D eigenvalue weighted by Crippen LogP contribution is -2.34. The van der Waals surface area contributed by atoms with Crippen LogP contribution in [0.1, 0.15) is 24.2 Å². The molecule has 122 valence electrons. The second-order valence-electron chi connectivity index (χ2n) is 4.84. The summed E-state index contributed by atoms with van der Waals surface area (Å²) in [7, 11) is 1.46. The fourth-order valence-corrected chi connectivity index (χ4v) is 2.00. The number of amides is 2. The van der Waals surface area contributed by atoms with E-state index in [0.717, 1.165) is 19.6 Å². The zero-order chi connectivity index (χ0) is 16.4. The summed E-state index contributed by atoms with van der Waals surface area (Å²) in [5.41, 5.74) is 1.21. The normalized spacial score (nSPS) is 10.5. The van der Waals surface area contributed by atoms with E-state index < -0.39 is 0 Å². The molecule has 6 heteroatoms. The van der Waals surface area contributed by atoms with Crippen LogP contribution in [0.25, 0.3) is 0 Å². The first-order chi connectivity index (χ1) is 10.6. The van der Waals surface area contributed by atoms with Gasteiger partial charge in [0.25, 0.3) is 5.91 Å². The van der Waals surface area contributed by atoms with Crippen molar-refractivity contribution < 1.29 is 14.3 Å². The maximum absolute atomic E-state index is 12.0. The van der Waals surface area contributed by atoms with Crippen LogP contribution < -0.4 is 10.6 Å². The number of ether oxygens (including phenoxy) is 1. The second-order valence-corrected chi connectivity index (χ2v) is 4.84. The van der Waals surface area contributed by atoms with Gasteiger partial charge in [-0.1, -0.05) is 13.8 Å². The molecule has 0 saturated heterocycles. The summed E-state index contributed by atoms with van der Waals surface area (Å²) in [6.07, 6.45) is 0. The molecule has 0 heterocycles. The van der Waals surface area contributed by atoms with E-state index in [4.69, 9.17) is 4.74 Å². The molecule has 0 aliphatic rings. The van der Waals surface area contributed by atoms with Gasteiger partial charge < -0.3 is 20.3 Å². The number of carbonyl (C=O) groups excluding carboxylic acids is 2. The van der Waals surface area contributed by atoms with E-state index in [9.17, 15) is 9.59 Å². The topological polar surface area (TPSA) is 70.7 Å². The monoisotopic (exact) mass is 307 g/mol. The number of hydrogen-bond donors (Lipinski definition) is 2. The van der Waals surface area contributed by atoms with E-state index in [1.807, 2.05) is 0 Å². The number of likely N-dealkylation sites (N-methyl/N-ethyl adjacent to an activating group) is 1. The molecule has 1 aromatic carbocycles. The minimum absolute atomic E-state index is 0.00753. The van der Waals surface area contributed by atoms with Gasteiger partial charge in [-0.2, -0.15) is 0 Å². The van der Waals surface area contributed by atoms with Gasteiger partial charge in [-0.3, -0.25) is 9.59 Å². The summed E-state index contributed by atoms with van der Waals surface area (Å²) in [5.74, 6) is -0.333. The van der Waals surface area contributed by atoms with Crippen molar-refractivity contribution in [3.05, 3.63) is 29.8 Å². The third-order valence-corrected chi connectivity index (χ3v) is 3.31. The summed E-state index contributed by atoms with van der Waals surface area (Å²) in [6.45, 7) is 7.61. The van der Waals surface area contributed by atoms with Crippen molar-refractivity contribution in [3.63, 3.8) is 0 Å². The quantitative estimate of drug-likeness (QED) is 0.722. The average molecular weight is 307 g/mol. The molecular formula is C16H25N3O3. The maximum atomic E-state index is 12.0. The highest BCUT2D eigenvalue weighted by atomic mass is 16.5. The Morgan fingerprint density at radius 2 is 1.77 bits per heavy atom. The van der Waals surface area contributed by atoms with Crippen LogP contribution in [0.4, 0.5) is 5.69 Å². The molecule has 0 fully saturated rings. The minimum Gasteiger partial charge on any atom is -0.375 e. The number of hydrogen-bond acceptors (Lipinski definition) is 4. The van der Waals surface area contributed by atoms with E-state index in [0.29, 0.717) is 17.8 Å². The average Bonchev–Trinajstić information content (AvgIpc) is 2.52. The molecule has 0 radical (unpaired) electrons. The van der Waals surface area contributed by atoms with Crippen LogP contribution in [0, 0.1) is 0 Å². The molecule has 0 bridgehead atoms. The number of nitrogens with zero attached hydrogens (tertiary/aromatic N) is 1. The van der Waals surface area contributed by atoms with Crippen LogP contribution >= 0.6 is 0 Å². The highest BCUT2D eigenvalue weighted by Gasteiger charge is 2.07. The van der Waals surface area contributed by atoms with Crippen molar-refractivity contribution in [3.8, 4) is 0 Å². The van der Waals surface area contributed by atoms with Crippen LogP contribution in [-0.2, 0) is 9.53 Å². The second kappa shape index (κ2) is 9.92. The van der Waals surface area contributed by atoms with Gasteiger partial charge in [0, 0.05) is 31.5 Å². The first-order valence-corrected chi connectivity index (χ1v) is 7.50. The summed E-state index contributed by atoms with van der Waals surface area (Å²) in [4.78, 5) is 25.6. The van der Waals surface area contributed by atoms with Crippen molar-refractivity contribution in [2.45, 2.75) is 13.8 Å². The number of carbonyl (C=O) groups is 2. The highest BCUT2D eigenvalue weighted by Crippen LogP contribution is 2.09. The molecule has 0 atom stereocenters. The summed E-state index contributed by atoms with van der Waals surface area (Å²) in [5, 5.41) is 5.57. The van der Waals surface area contributed by atoms with E-state index in [-0.39, 0.29) is 18.4 Å². The number of rotatable bonds is 9. The van der Waals surface area contributed by atoms with Crippen molar-refractivity contribution >= 4 is 17.5 Å². The Kier molecular flexibility index (Phi) is 8.17. The van der Waals surface area contributed by atoms with Crippen LogP contribution in [0.15, 0.2) is 24.3 Å². The Morgan fingerprint density at radius 3 is 2.32 bits per heavy atom. The molecular weight excluding hydrogens is 282 g/mol. The Bertz CT molecular complexity index is 470. The van der Waals surface area contributed by atoms with E-state index in [2.05, 4.69) is 29.4 Å². The SMILES string of the molecule is CCN(CC)CCNC(=O)c1ccc(NC(=O)COC)cc1. The van der Waals surface area contributed by atoms with Gasteiger partial charge >= 0.3 is 0 Å². The smallest absolute Gasteiger partial charge is 0.251 e. The van der Waals surface area contributed by atoms with Crippen molar-refractivity contribution in [2.75, 3.05) is 45.2 Å². The maximum Gasteiger partial charge on any atom is 0.251 e. The first kappa shape index (κ1) is 18.1. The summed E-state index contributed by atoms with van der Waals surface area (Å²) < 4.78 is 4.74. The molecule has 2 N–H and O–H groups in total. The molecule has 1 rings (SSSR count). The van der Waals surface area contributed by atoms with Gasteiger partial charge in [-0.15, -0.1) is 0 Å². The van der Waals surface area contributed by atoms with E-state index in [1.54, 1.807) is 24.3 Å². The standard InChI is InChI=1S/C16H25N3O3/c1-4-19(5-2)11-10-17-16(21)13-6-8-14(9-7-13)18-15(20)12-22-3/h6-9H,4-5,10-12H2,1-3H3,(H,17,21)(H,18,20). The van der Waals surface area contributed by atoms with E-state index in [1.165, 1.54) is 7.11 Å². The molecule has 0 unspecified atom stereocenters. The van der Waals surface area contributed by atoms with Gasteiger partial charge in [0.2, 0.25) is 5.91 Å². The molecule has 1 aromatic rings. The lowest BCUT2D eigenvalue weighted by molar-refractivity contribution is -0.119. The van der Waals surface area contributed by atoms with Gasteiger partial charge in [-0.05, 0) is 37.4 Å². The zero-order valence-electron chi connectivity index (χ0n) is 13.5. The number of methoxy groups -OCH3 is 1. The van der Waals surface area contributed by atoms with Crippen LogP contribution in [0.5, 0.6) is 0 Å². The Hall–Kier alpha value is -1.92. The summed E-state index contributed by atoms with van der Waals surface area (Å²) in [6, 6.07) is 6.78. The largest absolute Gasteiger partial charge is 0.375 e. The van der Waals surface area contributed by atoms with Gasteiger partial charge in [-0.25, -0.2) is 0 Å². The first-order valence-electron chi connectivity index (χ1n) is 7.50. The lowest BCUT2D eigenvalue weighted by atomic mass is 10.2. The van der Waals surface area contributed by atoms with Crippen molar-refractivity contribution in [1.29, 1.82) is 0 Å². The van der Waals surface area contributed by atoms with Crippen molar-refractivity contribution in [2.24, 2.45) is 0 Å². The molecule has 2 amide bonds. The van der Waals surface area contributed by atoms with Crippen LogP contribution in [0.3, 0.4) is 0 Å². The third-order valence-electron chi connectivity index (χ3n) is 3.31. The van der Waals surface area contributed by atoms with Crippen LogP contribution in [-0.4, -0.2) is 56.6 Å². The lowest BCUT2D eigenvalue weighted by Gasteiger charge is -2.17. The molecule has 6 nitrogen and oxygen atoms in total. The summed E-state index contributed by atoms with van der Waals surface area (Å²) >= 11 is 0. The Balaban J connectivity index is 2.45. The van der Waals surface area contributed by atoms with Gasteiger partial charge in [0.1, 0.15) is 6.61 Å². The number of nitrogens with one attached hydrogen (secondary N) is 2. The molecule has 0 aliphatic carbocycles. The van der Waals surface area contributed by atoms with Crippen LogP contribution in [0.2, 0.25) is 0 Å². The fraction of sp³-hybridized carbons (Fsp3) is 0.500. The molecule has 0 saturated carbocycles. The Labute approximate surface area is 131 Å². The van der Waals surface area contributed by atoms with E-state index >= 15 is 0 Å². The van der Waals surface area contributed by atoms with Gasteiger partial charge in [0.05, 0.1) is 0 Å². The predicted octanol–water partition coefficient (Wildman–Crippen LogP) is 1.34.